The summed E-state index contributed by atoms with van der Waals surface area (Å²) in [6.07, 6.45) is 6.93. The minimum atomic E-state index is -0.129. The van der Waals surface area contributed by atoms with E-state index in [0.29, 0.717) is 17.6 Å². The van der Waals surface area contributed by atoms with Gasteiger partial charge in [-0.3, -0.25) is 14.6 Å². The number of carbonyl (C=O) groups excluding carboxylic acids is 1. The van der Waals surface area contributed by atoms with Gasteiger partial charge in [0.15, 0.2) is 5.82 Å². The number of rotatable bonds is 5. The number of carbonyl (C=O) groups is 1. The highest BCUT2D eigenvalue weighted by atomic mass is 16.5. The highest BCUT2D eigenvalue weighted by Gasteiger charge is 2.20. The summed E-state index contributed by atoms with van der Waals surface area (Å²) >= 11 is 0. The molecule has 1 amide bonds. The summed E-state index contributed by atoms with van der Waals surface area (Å²) in [4.78, 5) is 12.1. The molecule has 0 atom stereocenters. The predicted octanol–water partition coefficient (Wildman–Crippen LogP) is 1.99. The van der Waals surface area contributed by atoms with Crippen LogP contribution in [-0.2, 0) is 18.3 Å². The Hall–Kier alpha value is -2.31. The second-order valence-electron chi connectivity index (χ2n) is 5.75. The third-order valence-corrected chi connectivity index (χ3v) is 4.07. The maximum Gasteiger partial charge on any atom is 0.236 e. The van der Waals surface area contributed by atoms with Crippen molar-refractivity contribution in [2.45, 2.75) is 38.0 Å². The first-order valence-corrected chi connectivity index (χ1v) is 7.57. The molecular formula is C15H21N5O2. The molecule has 2 heterocycles. The third kappa shape index (κ3) is 3.13. The molecule has 0 aromatic carbocycles. The lowest BCUT2D eigenvalue weighted by Gasteiger charge is -2.03. The van der Waals surface area contributed by atoms with Crippen LogP contribution in [0.5, 0.6) is 5.88 Å². The van der Waals surface area contributed by atoms with Gasteiger partial charge in [0.25, 0.3) is 0 Å². The number of aromatic nitrogens is 4. The highest BCUT2D eigenvalue weighted by molar-refractivity contribution is 5.91. The number of amides is 1. The van der Waals surface area contributed by atoms with Crippen LogP contribution in [-0.4, -0.2) is 33.0 Å². The molecule has 0 aliphatic heterocycles. The van der Waals surface area contributed by atoms with E-state index in [2.05, 4.69) is 20.6 Å². The Balaban J connectivity index is 1.61. The smallest absolute Gasteiger partial charge is 0.236 e. The molecule has 2 aromatic rings. The number of nitrogens with zero attached hydrogens (tertiary/aromatic N) is 3. The number of aromatic amines is 1. The molecule has 1 aliphatic carbocycles. The van der Waals surface area contributed by atoms with Gasteiger partial charge in [-0.15, -0.1) is 5.10 Å². The summed E-state index contributed by atoms with van der Waals surface area (Å²) in [6, 6.07) is 1.94. The van der Waals surface area contributed by atoms with E-state index in [-0.39, 0.29) is 12.3 Å². The highest BCUT2D eigenvalue weighted by Crippen LogP contribution is 2.33. The van der Waals surface area contributed by atoms with Crippen LogP contribution in [0, 0.1) is 0 Å². The van der Waals surface area contributed by atoms with Gasteiger partial charge in [0.2, 0.25) is 11.8 Å². The normalized spacial score (nSPS) is 15.2. The molecule has 1 aliphatic rings. The second-order valence-corrected chi connectivity index (χ2v) is 5.75. The summed E-state index contributed by atoms with van der Waals surface area (Å²) in [6.45, 7) is 0. The molecule has 2 aromatic heterocycles. The lowest BCUT2D eigenvalue weighted by atomic mass is 10.0. The fourth-order valence-electron chi connectivity index (χ4n) is 3.02. The van der Waals surface area contributed by atoms with E-state index in [1.165, 1.54) is 25.7 Å². The molecule has 1 fully saturated rings. The van der Waals surface area contributed by atoms with Crippen LogP contribution < -0.4 is 10.1 Å². The third-order valence-electron chi connectivity index (χ3n) is 4.07. The van der Waals surface area contributed by atoms with Crippen molar-refractivity contribution in [2.75, 3.05) is 12.4 Å². The van der Waals surface area contributed by atoms with Crippen LogP contribution in [0.25, 0.3) is 0 Å². The number of ether oxygens (including phenoxy) is 1. The summed E-state index contributed by atoms with van der Waals surface area (Å²) in [5.41, 5.74) is 1.88. The van der Waals surface area contributed by atoms with Crippen LogP contribution in [0.3, 0.4) is 0 Å². The zero-order chi connectivity index (χ0) is 15.5. The number of H-pyrrole nitrogens is 1. The molecule has 118 valence electrons. The van der Waals surface area contributed by atoms with Crippen molar-refractivity contribution in [2.24, 2.45) is 7.05 Å². The van der Waals surface area contributed by atoms with E-state index in [1.54, 1.807) is 25.0 Å². The molecule has 0 bridgehead atoms. The maximum atomic E-state index is 12.1. The Kier molecular flexibility index (Phi) is 4.13. The van der Waals surface area contributed by atoms with Crippen LogP contribution in [0.1, 0.15) is 42.9 Å². The van der Waals surface area contributed by atoms with E-state index >= 15 is 0 Å². The van der Waals surface area contributed by atoms with Gasteiger partial charge in [0, 0.05) is 36.5 Å². The Bertz CT molecular complexity index is 655. The number of methoxy groups -OCH3 is 1. The van der Waals surface area contributed by atoms with Gasteiger partial charge in [-0.25, -0.2) is 0 Å². The zero-order valence-electron chi connectivity index (χ0n) is 12.9. The van der Waals surface area contributed by atoms with Gasteiger partial charge in [-0.1, -0.05) is 12.8 Å². The number of aryl methyl sites for hydroxylation is 1. The summed E-state index contributed by atoms with van der Waals surface area (Å²) in [7, 11) is 3.34. The first kappa shape index (κ1) is 14.6. The van der Waals surface area contributed by atoms with E-state index < -0.39 is 0 Å². The zero-order valence-corrected chi connectivity index (χ0v) is 12.9. The van der Waals surface area contributed by atoms with Crippen LogP contribution >= 0.6 is 0 Å². The van der Waals surface area contributed by atoms with Crippen LogP contribution in [0.4, 0.5) is 5.82 Å². The second kappa shape index (κ2) is 6.21. The SMILES string of the molecule is COc1nn(C)cc1CC(=O)Nc1cc(C2CCCC2)[nH]n1. The fourth-order valence-corrected chi connectivity index (χ4v) is 3.02. The minimum absolute atomic E-state index is 0.129. The summed E-state index contributed by atoms with van der Waals surface area (Å²) in [5.74, 6) is 1.48. The molecular weight excluding hydrogens is 282 g/mol. The van der Waals surface area contributed by atoms with E-state index in [1.807, 2.05) is 6.07 Å². The molecule has 0 radical (unpaired) electrons. The van der Waals surface area contributed by atoms with Gasteiger partial charge in [0.1, 0.15) is 0 Å². The van der Waals surface area contributed by atoms with Crippen LogP contribution in [0.15, 0.2) is 12.3 Å². The minimum Gasteiger partial charge on any atom is -0.480 e. The van der Waals surface area contributed by atoms with Crippen molar-refractivity contribution in [3.63, 3.8) is 0 Å². The lowest BCUT2D eigenvalue weighted by molar-refractivity contribution is -0.115. The number of nitrogens with one attached hydrogen (secondary N) is 2. The first-order valence-electron chi connectivity index (χ1n) is 7.57. The Labute approximate surface area is 129 Å². The average molecular weight is 303 g/mol. The molecule has 2 N–H and O–H groups in total. The first-order chi connectivity index (χ1) is 10.7. The number of anilines is 1. The monoisotopic (exact) mass is 303 g/mol. The number of hydrogen-bond acceptors (Lipinski definition) is 4. The standard InChI is InChI=1S/C15H21N5O2/c1-20-9-11(15(19-20)22-2)7-14(21)16-13-8-12(17-18-13)10-5-3-4-6-10/h8-10H,3-7H2,1-2H3,(H2,16,17,18,21). The van der Waals surface area contributed by atoms with Gasteiger partial charge in [0.05, 0.1) is 13.5 Å². The molecule has 22 heavy (non-hydrogen) atoms. The lowest BCUT2D eigenvalue weighted by Crippen LogP contribution is -2.14. The predicted molar refractivity (Wildman–Crippen MR) is 81.9 cm³/mol. The topological polar surface area (TPSA) is 84.8 Å². The van der Waals surface area contributed by atoms with Gasteiger partial charge < -0.3 is 10.1 Å². The number of hydrogen-bond donors (Lipinski definition) is 2. The molecule has 0 unspecified atom stereocenters. The van der Waals surface area contributed by atoms with Crippen molar-refractivity contribution in [1.29, 1.82) is 0 Å². The van der Waals surface area contributed by atoms with E-state index in [9.17, 15) is 4.79 Å². The van der Waals surface area contributed by atoms with Gasteiger partial charge >= 0.3 is 0 Å². The molecule has 0 saturated heterocycles. The molecule has 0 spiro atoms. The molecule has 7 heteroatoms. The van der Waals surface area contributed by atoms with E-state index in [4.69, 9.17) is 4.74 Å². The van der Waals surface area contributed by atoms with Crippen molar-refractivity contribution in [3.8, 4) is 5.88 Å². The summed E-state index contributed by atoms with van der Waals surface area (Å²) in [5, 5.41) is 14.2. The molecule has 7 nitrogen and oxygen atoms in total. The largest absolute Gasteiger partial charge is 0.480 e. The fraction of sp³-hybridized carbons (Fsp3) is 0.533. The van der Waals surface area contributed by atoms with Crippen molar-refractivity contribution >= 4 is 11.7 Å². The quantitative estimate of drug-likeness (QED) is 0.884. The van der Waals surface area contributed by atoms with Crippen molar-refractivity contribution in [3.05, 3.63) is 23.5 Å². The Morgan fingerprint density at radius 3 is 3.00 bits per heavy atom. The summed E-state index contributed by atoms with van der Waals surface area (Å²) < 4.78 is 6.79. The average Bonchev–Trinajstić information content (AvgIpc) is 3.19. The van der Waals surface area contributed by atoms with Gasteiger partial charge in [-0.05, 0) is 12.8 Å². The van der Waals surface area contributed by atoms with Crippen LogP contribution in [0.2, 0.25) is 0 Å². The van der Waals surface area contributed by atoms with Crippen molar-refractivity contribution in [1.82, 2.24) is 20.0 Å². The Morgan fingerprint density at radius 1 is 1.50 bits per heavy atom. The maximum absolute atomic E-state index is 12.1. The Morgan fingerprint density at radius 2 is 2.27 bits per heavy atom. The van der Waals surface area contributed by atoms with E-state index in [0.717, 1.165) is 11.3 Å². The molecule has 3 rings (SSSR count). The van der Waals surface area contributed by atoms with Gasteiger partial charge in [-0.2, -0.15) is 5.10 Å². The molecule has 1 saturated carbocycles. The van der Waals surface area contributed by atoms with Crippen molar-refractivity contribution < 1.29 is 9.53 Å².